The smallest absolute Gasteiger partial charge is 0.122 e. The number of nitrogens with one attached hydrogen (secondary N) is 1. The topological polar surface area (TPSA) is 31.7 Å². The highest BCUT2D eigenvalue weighted by Crippen LogP contribution is 2.18. The zero-order valence-electron chi connectivity index (χ0n) is 13.4. The lowest BCUT2D eigenvalue weighted by Gasteiger charge is -2.42. The Morgan fingerprint density at radius 2 is 1.90 bits per heavy atom. The van der Waals surface area contributed by atoms with Crippen molar-refractivity contribution in [2.75, 3.05) is 32.7 Å². The van der Waals surface area contributed by atoms with E-state index in [1.807, 2.05) is 6.26 Å². The second-order valence-electron chi connectivity index (χ2n) is 6.58. The van der Waals surface area contributed by atoms with Gasteiger partial charge in [-0.1, -0.05) is 6.92 Å². The molecule has 1 saturated heterocycles. The summed E-state index contributed by atoms with van der Waals surface area (Å²) in [6.45, 7) is 16.4. The lowest BCUT2D eigenvalue weighted by molar-refractivity contribution is 0.0588. The van der Waals surface area contributed by atoms with Gasteiger partial charge >= 0.3 is 0 Å². The lowest BCUT2D eigenvalue weighted by Crippen LogP contribution is -2.53. The molecule has 114 valence electrons. The van der Waals surface area contributed by atoms with Gasteiger partial charge in [-0.05, 0) is 33.4 Å². The predicted molar refractivity (Wildman–Crippen MR) is 82.7 cm³/mol. The third-order valence-electron chi connectivity index (χ3n) is 4.09. The molecule has 0 atom stereocenters. The van der Waals surface area contributed by atoms with Gasteiger partial charge < -0.3 is 9.73 Å². The number of piperazine rings is 1. The Kier molecular flexibility index (Phi) is 5.24. The monoisotopic (exact) mass is 279 g/mol. The number of nitrogens with zero attached hydrogens (tertiary/aromatic N) is 2. The van der Waals surface area contributed by atoms with E-state index in [9.17, 15) is 0 Å². The first-order valence-electron chi connectivity index (χ1n) is 7.74. The molecule has 1 aromatic heterocycles. The molecule has 2 rings (SSSR count). The summed E-state index contributed by atoms with van der Waals surface area (Å²) in [7, 11) is 0. The maximum Gasteiger partial charge on any atom is 0.122 e. The molecule has 4 nitrogen and oxygen atoms in total. The van der Waals surface area contributed by atoms with Gasteiger partial charge in [-0.2, -0.15) is 0 Å². The van der Waals surface area contributed by atoms with Crippen LogP contribution in [0.15, 0.2) is 16.7 Å². The Morgan fingerprint density at radius 3 is 2.50 bits per heavy atom. The number of furan rings is 1. The van der Waals surface area contributed by atoms with Crippen molar-refractivity contribution in [1.82, 2.24) is 15.1 Å². The van der Waals surface area contributed by atoms with Gasteiger partial charge in [-0.15, -0.1) is 0 Å². The quantitative estimate of drug-likeness (QED) is 0.896. The molecule has 1 aromatic rings. The van der Waals surface area contributed by atoms with Crippen LogP contribution in [0.25, 0.3) is 0 Å². The van der Waals surface area contributed by atoms with Crippen molar-refractivity contribution < 1.29 is 4.42 Å². The minimum Gasteiger partial charge on any atom is -0.468 e. The number of hydrogen-bond acceptors (Lipinski definition) is 4. The highest BCUT2D eigenvalue weighted by atomic mass is 16.3. The Morgan fingerprint density at radius 1 is 1.20 bits per heavy atom. The summed E-state index contributed by atoms with van der Waals surface area (Å²) in [6, 6.07) is 2.11. The van der Waals surface area contributed by atoms with Gasteiger partial charge in [0, 0.05) is 43.8 Å². The van der Waals surface area contributed by atoms with E-state index in [-0.39, 0.29) is 5.54 Å². The molecule has 1 aliphatic heterocycles. The van der Waals surface area contributed by atoms with E-state index in [1.54, 1.807) is 0 Å². The molecule has 0 aromatic carbocycles. The van der Waals surface area contributed by atoms with Crippen LogP contribution in [-0.4, -0.2) is 48.1 Å². The van der Waals surface area contributed by atoms with E-state index >= 15 is 0 Å². The minimum atomic E-state index is 0.290. The van der Waals surface area contributed by atoms with Gasteiger partial charge in [0.05, 0.1) is 12.8 Å². The summed E-state index contributed by atoms with van der Waals surface area (Å²) in [5, 5.41) is 3.33. The first-order chi connectivity index (χ1) is 9.50. The van der Waals surface area contributed by atoms with E-state index < -0.39 is 0 Å². The third-order valence-corrected chi connectivity index (χ3v) is 4.09. The fourth-order valence-corrected chi connectivity index (χ4v) is 2.72. The summed E-state index contributed by atoms with van der Waals surface area (Å²) < 4.78 is 5.58. The highest BCUT2D eigenvalue weighted by molar-refractivity contribution is 5.17. The molecule has 4 heteroatoms. The molecule has 0 aliphatic carbocycles. The van der Waals surface area contributed by atoms with Crippen molar-refractivity contribution in [2.45, 2.75) is 46.3 Å². The average molecular weight is 279 g/mol. The van der Waals surface area contributed by atoms with E-state index in [1.165, 1.54) is 5.56 Å². The molecule has 0 spiro atoms. The summed E-state index contributed by atoms with van der Waals surface area (Å²) in [6.07, 6.45) is 1.81. The molecule has 0 amide bonds. The van der Waals surface area contributed by atoms with Crippen molar-refractivity contribution in [3.63, 3.8) is 0 Å². The van der Waals surface area contributed by atoms with Crippen molar-refractivity contribution in [1.29, 1.82) is 0 Å². The second kappa shape index (κ2) is 6.74. The summed E-state index contributed by atoms with van der Waals surface area (Å²) in [5.41, 5.74) is 1.62. The first kappa shape index (κ1) is 15.5. The molecule has 20 heavy (non-hydrogen) atoms. The van der Waals surface area contributed by atoms with Crippen LogP contribution in [-0.2, 0) is 13.1 Å². The maximum absolute atomic E-state index is 5.58. The van der Waals surface area contributed by atoms with Crippen LogP contribution in [0.2, 0.25) is 0 Å². The van der Waals surface area contributed by atoms with Crippen molar-refractivity contribution in [2.24, 2.45) is 0 Å². The van der Waals surface area contributed by atoms with Gasteiger partial charge in [0.15, 0.2) is 0 Å². The van der Waals surface area contributed by atoms with E-state index in [4.69, 9.17) is 4.42 Å². The van der Waals surface area contributed by atoms with E-state index in [0.29, 0.717) is 0 Å². The molecule has 0 radical (unpaired) electrons. The van der Waals surface area contributed by atoms with Crippen LogP contribution in [0.1, 0.15) is 39.0 Å². The fourth-order valence-electron chi connectivity index (χ4n) is 2.72. The fraction of sp³-hybridized carbons (Fsp3) is 0.750. The highest BCUT2D eigenvalue weighted by Gasteiger charge is 2.26. The Bertz CT molecular complexity index is 400. The van der Waals surface area contributed by atoms with Crippen molar-refractivity contribution in [3.8, 4) is 0 Å². The predicted octanol–water partition coefficient (Wildman–Crippen LogP) is 2.31. The van der Waals surface area contributed by atoms with Crippen molar-refractivity contribution >= 4 is 0 Å². The van der Waals surface area contributed by atoms with Crippen LogP contribution in [0.4, 0.5) is 0 Å². The number of hydrogen-bond donors (Lipinski definition) is 1. The van der Waals surface area contributed by atoms with Crippen LogP contribution in [0.3, 0.4) is 0 Å². The molecular weight excluding hydrogens is 250 g/mol. The van der Waals surface area contributed by atoms with Crippen LogP contribution < -0.4 is 5.32 Å². The molecule has 1 fully saturated rings. The standard InChI is InChI=1S/C16H29N3O/c1-5-17-12-15-14(6-11-20-15)13-18-7-9-19(10-8-18)16(2,3)4/h6,11,17H,5,7-10,12-13H2,1-4H3. The molecule has 2 heterocycles. The van der Waals surface area contributed by atoms with Crippen LogP contribution in [0.5, 0.6) is 0 Å². The van der Waals surface area contributed by atoms with Gasteiger partial charge in [0.1, 0.15) is 5.76 Å². The largest absolute Gasteiger partial charge is 0.468 e. The van der Waals surface area contributed by atoms with Crippen LogP contribution >= 0.6 is 0 Å². The van der Waals surface area contributed by atoms with E-state index in [0.717, 1.165) is 51.6 Å². The van der Waals surface area contributed by atoms with Gasteiger partial charge in [-0.25, -0.2) is 0 Å². The normalized spacial score (nSPS) is 18.6. The minimum absolute atomic E-state index is 0.290. The molecule has 1 aliphatic rings. The Hall–Kier alpha value is -0.840. The maximum atomic E-state index is 5.58. The SMILES string of the molecule is CCNCc1occc1CN1CCN(C(C)(C)C)CC1. The molecule has 0 bridgehead atoms. The van der Waals surface area contributed by atoms with Crippen LogP contribution in [0, 0.1) is 0 Å². The molecule has 0 saturated carbocycles. The Labute approximate surface area is 123 Å². The van der Waals surface area contributed by atoms with Crippen molar-refractivity contribution in [3.05, 3.63) is 23.7 Å². The van der Waals surface area contributed by atoms with Gasteiger partial charge in [0.25, 0.3) is 0 Å². The number of rotatable bonds is 5. The van der Waals surface area contributed by atoms with Gasteiger partial charge in [-0.3, -0.25) is 9.80 Å². The third kappa shape index (κ3) is 4.08. The Balaban J connectivity index is 1.85. The molecule has 0 unspecified atom stereocenters. The average Bonchev–Trinajstić information content (AvgIpc) is 2.83. The zero-order chi connectivity index (χ0) is 14.6. The summed E-state index contributed by atoms with van der Waals surface area (Å²) in [4.78, 5) is 5.10. The zero-order valence-corrected chi connectivity index (χ0v) is 13.4. The first-order valence-corrected chi connectivity index (χ1v) is 7.74. The summed E-state index contributed by atoms with van der Waals surface area (Å²) >= 11 is 0. The lowest BCUT2D eigenvalue weighted by atomic mass is 10.0. The van der Waals surface area contributed by atoms with E-state index in [2.05, 4.69) is 48.9 Å². The molecular formula is C16H29N3O. The molecule has 1 N–H and O–H groups in total. The van der Waals surface area contributed by atoms with Gasteiger partial charge in [0.2, 0.25) is 0 Å². The summed E-state index contributed by atoms with van der Waals surface area (Å²) in [5.74, 6) is 1.09. The second-order valence-corrected chi connectivity index (χ2v) is 6.58.